The molecule has 0 unspecified atom stereocenters. The predicted molar refractivity (Wildman–Crippen MR) is 69.1 cm³/mol. The number of rotatable bonds is 4. The summed E-state index contributed by atoms with van der Waals surface area (Å²) in [7, 11) is 4.09. The van der Waals surface area contributed by atoms with Crippen molar-refractivity contribution in [1.29, 1.82) is 0 Å². The molecule has 0 aliphatic carbocycles. The average Bonchev–Trinajstić information content (AvgIpc) is 2.68. The summed E-state index contributed by atoms with van der Waals surface area (Å²) in [6, 6.07) is 5.50. The summed E-state index contributed by atoms with van der Waals surface area (Å²) in [6.07, 6.45) is 2.95. The van der Waals surface area contributed by atoms with Crippen LogP contribution in [0.1, 0.15) is 15.9 Å². The van der Waals surface area contributed by atoms with Gasteiger partial charge < -0.3 is 15.6 Å². The number of amides is 1. The lowest BCUT2D eigenvalue weighted by molar-refractivity contribution is 0.100. The second kappa shape index (κ2) is 4.59. The van der Waals surface area contributed by atoms with E-state index in [1.54, 1.807) is 6.07 Å². The molecule has 0 aliphatic heterocycles. The lowest BCUT2D eigenvalue weighted by Crippen LogP contribution is -2.15. The molecule has 3 N–H and O–H groups in total. The number of hydrogen-bond donors (Lipinski definition) is 2. The molecule has 1 aromatic heterocycles. The fourth-order valence-electron chi connectivity index (χ4n) is 1.88. The molecular formula is C13H17N3O. The number of nitrogens with two attached hydrogens (primary N) is 1. The van der Waals surface area contributed by atoms with Crippen LogP contribution in [0.5, 0.6) is 0 Å². The van der Waals surface area contributed by atoms with Crippen LogP contribution in [0.2, 0.25) is 0 Å². The van der Waals surface area contributed by atoms with Crippen LogP contribution < -0.4 is 5.73 Å². The Kier molecular flexibility index (Phi) is 3.15. The van der Waals surface area contributed by atoms with Crippen LogP contribution in [-0.4, -0.2) is 36.4 Å². The van der Waals surface area contributed by atoms with E-state index in [1.165, 1.54) is 5.56 Å². The molecule has 2 rings (SSSR count). The lowest BCUT2D eigenvalue weighted by Gasteiger charge is -2.08. The summed E-state index contributed by atoms with van der Waals surface area (Å²) < 4.78 is 0. The van der Waals surface area contributed by atoms with Crippen LogP contribution in [0, 0.1) is 0 Å². The van der Waals surface area contributed by atoms with Crippen LogP contribution in [0.4, 0.5) is 0 Å². The third kappa shape index (κ3) is 2.47. The number of fused-ring (bicyclic) bond motifs is 1. The number of primary amides is 1. The van der Waals surface area contributed by atoms with Gasteiger partial charge in [0.05, 0.1) is 0 Å². The fraction of sp³-hybridized carbons (Fsp3) is 0.308. The van der Waals surface area contributed by atoms with E-state index in [0.717, 1.165) is 23.9 Å². The van der Waals surface area contributed by atoms with Gasteiger partial charge in [-0.2, -0.15) is 0 Å². The number of benzene rings is 1. The van der Waals surface area contributed by atoms with Crippen molar-refractivity contribution in [2.45, 2.75) is 6.42 Å². The van der Waals surface area contributed by atoms with Crippen molar-refractivity contribution >= 4 is 16.8 Å². The zero-order valence-electron chi connectivity index (χ0n) is 10.2. The number of aromatic nitrogens is 1. The van der Waals surface area contributed by atoms with E-state index in [9.17, 15) is 4.79 Å². The van der Waals surface area contributed by atoms with Crippen LogP contribution >= 0.6 is 0 Å². The third-order valence-electron chi connectivity index (χ3n) is 2.88. The standard InChI is InChI=1S/C13H17N3O/c1-16(2)6-5-10-8-15-12-4-3-9(13(14)17)7-11(10)12/h3-4,7-8,15H,5-6H2,1-2H3,(H2,14,17). The largest absolute Gasteiger partial charge is 0.366 e. The smallest absolute Gasteiger partial charge is 0.248 e. The quantitative estimate of drug-likeness (QED) is 0.834. The maximum atomic E-state index is 11.1. The zero-order valence-corrected chi connectivity index (χ0v) is 10.2. The number of hydrogen-bond acceptors (Lipinski definition) is 2. The molecule has 0 aliphatic rings. The first-order valence-electron chi connectivity index (χ1n) is 5.62. The Morgan fingerprint density at radius 1 is 1.41 bits per heavy atom. The monoisotopic (exact) mass is 231 g/mol. The highest BCUT2D eigenvalue weighted by Crippen LogP contribution is 2.20. The Hall–Kier alpha value is -1.81. The Balaban J connectivity index is 2.36. The van der Waals surface area contributed by atoms with Gasteiger partial charge in [-0.05, 0) is 44.3 Å². The predicted octanol–water partition coefficient (Wildman–Crippen LogP) is 1.37. The molecule has 0 fully saturated rings. The summed E-state index contributed by atoms with van der Waals surface area (Å²) in [4.78, 5) is 16.5. The molecule has 0 saturated carbocycles. The highest BCUT2D eigenvalue weighted by molar-refractivity contribution is 5.97. The maximum Gasteiger partial charge on any atom is 0.248 e. The average molecular weight is 231 g/mol. The number of nitrogens with one attached hydrogen (secondary N) is 1. The van der Waals surface area contributed by atoms with Crippen LogP contribution in [-0.2, 0) is 6.42 Å². The summed E-state index contributed by atoms with van der Waals surface area (Å²) in [5.41, 5.74) is 8.11. The van der Waals surface area contributed by atoms with Gasteiger partial charge in [0, 0.05) is 29.2 Å². The van der Waals surface area contributed by atoms with Gasteiger partial charge in [0.2, 0.25) is 5.91 Å². The molecule has 2 aromatic rings. The molecular weight excluding hydrogens is 214 g/mol. The molecule has 0 saturated heterocycles. The molecule has 1 amide bonds. The molecule has 4 nitrogen and oxygen atoms in total. The van der Waals surface area contributed by atoms with Crippen molar-refractivity contribution < 1.29 is 4.79 Å². The number of likely N-dealkylation sites (N-methyl/N-ethyl adjacent to an activating group) is 1. The first-order valence-corrected chi connectivity index (χ1v) is 5.62. The molecule has 17 heavy (non-hydrogen) atoms. The second-order valence-corrected chi connectivity index (χ2v) is 4.49. The molecule has 0 spiro atoms. The summed E-state index contributed by atoms with van der Waals surface area (Å²) in [6.45, 7) is 0.980. The first-order chi connectivity index (χ1) is 8.08. The molecule has 0 radical (unpaired) electrons. The topological polar surface area (TPSA) is 62.1 Å². The van der Waals surface area contributed by atoms with Crippen molar-refractivity contribution in [3.8, 4) is 0 Å². The van der Waals surface area contributed by atoms with Crippen molar-refractivity contribution in [2.75, 3.05) is 20.6 Å². The lowest BCUT2D eigenvalue weighted by atomic mass is 10.1. The van der Waals surface area contributed by atoms with E-state index < -0.39 is 0 Å². The summed E-state index contributed by atoms with van der Waals surface area (Å²) >= 11 is 0. The highest BCUT2D eigenvalue weighted by atomic mass is 16.1. The van der Waals surface area contributed by atoms with Gasteiger partial charge in [0.15, 0.2) is 0 Å². The van der Waals surface area contributed by atoms with E-state index in [-0.39, 0.29) is 5.91 Å². The number of carbonyl (C=O) groups excluding carboxylic acids is 1. The van der Waals surface area contributed by atoms with E-state index in [4.69, 9.17) is 5.73 Å². The minimum Gasteiger partial charge on any atom is -0.366 e. The van der Waals surface area contributed by atoms with Crippen LogP contribution in [0.3, 0.4) is 0 Å². The Labute approximate surface area is 100 Å². The van der Waals surface area contributed by atoms with Gasteiger partial charge in [-0.25, -0.2) is 0 Å². The van der Waals surface area contributed by atoms with E-state index >= 15 is 0 Å². The normalized spacial score (nSPS) is 11.2. The van der Waals surface area contributed by atoms with Gasteiger partial charge in [0.25, 0.3) is 0 Å². The van der Waals surface area contributed by atoms with Crippen LogP contribution in [0.15, 0.2) is 24.4 Å². The van der Waals surface area contributed by atoms with Crippen LogP contribution in [0.25, 0.3) is 10.9 Å². The van der Waals surface area contributed by atoms with Crippen molar-refractivity contribution in [2.24, 2.45) is 5.73 Å². The second-order valence-electron chi connectivity index (χ2n) is 4.49. The number of carbonyl (C=O) groups is 1. The molecule has 90 valence electrons. The molecule has 0 bridgehead atoms. The maximum absolute atomic E-state index is 11.1. The van der Waals surface area contributed by atoms with Gasteiger partial charge in [-0.15, -0.1) is 0 Å². The van der Waals surface area contributed by atoms with Gasteiger partial charge in [-0.1, -0.05) is 0 Å². The van der Waals surface area contributed by atoms with E-state index in [0.29, 0.717) is 5.56 Å². The van der Waals surface area contributed by atoms with E-state index in [1.807, 2.05) is 32.4 Å². The Bertz CT molecular complexity index is 543. The Morgan fingerprint density at radius 2 is 2.18 bits per heavy atom. The molecule has 1 heterocycles. The summed E-state index contributed by atoms with van der Waals surface area (Å²) in [5.74, 6) is -0.383. The number of aromatic amines is 1. The summed E-state index contributed by atoms with van der Waals surface area (Å²) in [5, 5.41) is 1.09. The van der Waals surface area contributed by atoms with Crippen molar-refractivity contribution in [3.63, 3.8) is 0 Å². The highest BCUT2D eigenvalue weighted by Gasteiger charge is 2.07. The van der Waals surface area contributed by atoms with Gasteiger partial charge in [-0.3, -0.25) is 4.79 Å². The Morgan fingerprint density at radius 3 is 2.82 bits per heavy atom. The van der Waals surface area contributed by atoms with Gasteiger partial charge >= 0.3 is 0 Å². The van der Waals surface area contributed by atoms with Gasteiger partial charge in [0.1, 0.15) is 0 Å². The fourth-order valence-corrected chi connectivity index (χ4v) is 1.88. The van der Waals surface area contributed by atoms with E-state index in [2.05, 4.69) is 9.88 Å². The SMILES string of the molecule is CN(C)CCc1c[nH]c2ccc(C(N)=O)cc12. The number of nitrogens with zero attached hydrogens (tertiary/aromatic N) is 1. The molecule has 0 atom stereocenters. The zero-order chi connectivity index (χ0) is 12.4. The van der Waals surface area contributed by atoms with Crippen molar-refractivity contribution in [1.82, 2.24) is 9.88 Å². The molecule has 4 heteroatoms. The molecule has 1 aromatic carbocycles. The minimum absolute atomic E-state index is 0.383. The first kappa shape index (κ1) is 11.7. The minimum atomic E-state index is -0.383. The third-order valence-corrected chi connectivity index (χ3v) is 2.88. The van der Waals surface area contributed by atoms with Crippen molar-refractivity contribution in [3.05, 3.63) is 35.5 Å². The number of H-pyrrole nitrogens is 1.